The molecule has 0 bridgehead atoms. The topological polar surface area (TPSA) is 81.8 Å². The number of guanidine groups is 1. The first-order chi connectivity index (χ1) is 11.9. The second-order valence-corrected chi connectivity index (χ2v) is 4.85. The fourth-order valence-electron chi connectivity index (χ4n) is 1.81. The molecule has 0 amide bonds. The van der Waals surface area contributed by atoms with Crippen molar-refractivity contribution in [1.29, 1.82) is 0 Å². The quantitative estimate of drug-likeness (QED) is 0.474. The van der Waals surface area contributed by atoms with Crippen LogP contribution < -0.4 is 20.5 Å². The fraction of sp³-hybridized carbons (Fsp3) is 0.250. The number of methoxy groups -OCH3 is 1. The summed E-state index contributed by atoms with van der Waals surface area (Å²) in [6, 6.07) is 9.17. The van der Waals surface area contributed by atoms with Crippen LogP contribution in [0, 0.1) is 0 Å². The average Bonchev–Trinajstić information content (AvgIpc) is 2.59. The monoisotopic (exact) mass is 354 g/mol. The zero-order valence-corrected chi connectivity index (χ0v) is 13.4. The number of rotatable bonds is 6. The van der Waals surface area contributed by atoms with E-state index in [9.17, 15) is 13.2 Å². The number of alkyl halides is 3. The van der Waals surface area contributed by atoms with E-state index >= 15 is 0 Å². The summed E-state index contributed by atoms with van der Waals surface area (Å²) in [5.74, 6) is 0.998. The molecule has 2 aromatic rings. The molecule has 9 heteroatoms. The van der Waals surface area contributed by atoms with Gasteiger partial charge >= 0.3 is 6.18 Å². The Bertz CT molecular complexity index is 701. The molecule has 134 valence electrons. The maximum absolute atomic E-state index is 12.4. The fourth-order valence-corrected chi connectivity index (χ4v) is 1.81. The molecule has 2 rings (SSSR count). The van der Waals surface area contributed by atoms with Crippen molar-refractivity contribution in [2.45, 2.75) is 6.18 Å². The number of aliphatic imine (C=N–C) groups is 1. The highest BCUT2D eigenvalue weighted by molar-refractivity contribution is 5.92. The molecular weight excluding hydrogens is 337 g/mol. The summed E-state index contributed by atoms with van der Waals surface area (Å²) < 4.78 is 47.5. The molecule has 0 atom stereocenters. The summed E-state index contributed by atoms with van der Waals surface area (Å²) >= 11 is 0. The van der Waals surface area contributed by atoms with Crippen LogP contribution in [0.4, 0.5) is 18.9 Å². The molecule has 0 spiro atoms. The number of nitrogens with one attached hydrogen (secondary N) is 1. The van der Waals surface area contributed by atoms with E-state index in [1.165, 1.54) is 0 Å². The predicted octanol–water partition coefficient (Wildman–Crippen LogP) is 2.91. The molecule has 0 radical (unpaired) electrons. The second-order valence-electron chi connectivity index (χ2n) is 4.85. The summed E-state index contributed by atoms with van der Waals surface area (Å²) in [6.45, 7) is 0.348. The van der Waals surface area contributed by atoms with E-state index in [-0.39, 0.29) is 25.0 Å². The Morgan fingerprint density at radius 2 is 1.92 bits per heavy atom. The lowest BCUT2D eigenvalue weighted by molar-refractivity contribution is -0.137. The van der Waals surface area contributed by atoms with Crippen molar-refractivity contribution in [3.8, 4) is 11.6 Å². The third-order valence-electron chi connectivity index (χ3n) is 3.05. The molecule has 0 fully saturated rings. The molecule has 6 nitrogen and oxygen atoms in total. The lowest BCUT2D eigenvalue weighted by Crippen LogP contribution is -2.23. The SMILES string of the molecule is COc1ccc(NC(N)=NCCOc2ccc(C(F)(F)F)cn2)cc1. The van der Waals surface area contributed by atoms with Crippen LogP contribution in [0.2, 0.25) is 0 Å². The maximum atomic E-state index is 12.4. The largest absolute Gasteiger partial charge is 0.497 e. The number of ether oxygens (including phenoxy) is 2. The first kappa shape index (κ1) is 18.4. The third kappa shape index (κ3) is 5.87. The summed E-state index contributed by atoms with van der Waals surface area (Å²) in [7, 11) is 1.57. The van der Waals surface area contributed by atoms with E-state index in [4.69, 9.17) is 15.2 Å². The van der Waals surface area contributed by atoms with E-state index in [0.29, 0.717) is 0 Å². The molecule has 1 aromatic heterocycles. The van der Waals surface area contributed by atoms with Gasteiger partial charge in [-0.15, -0.1) is 0 Å². The van der Waals surface area contributed by atoms with Crippen molar-refractivity contribution < 1.29 is 22.6 Å². The molecule has 0 aliphatic carbocycles. The normalized spacial score (nSPS) is 11.9. The van der Waals surface area contributed by atoms with Crippen LogP contribution in [0.25, 0.3) is 0 Å². The molecular formula is C16H17F3N4O2. The van der Waals surface area contributed by atoms with Gasteiger partial charge < -0.3 is 20.5 Å². The van der Waals surface area contributed by atoms with Gasteiger partial charge in [-0.2, -0.15) is 13.2 Å². The van der Waals surface area contributed by atoms with Crippen LogP contribution in [0.5, 0.6) is 11.6 Å². The van der Waals surface area contributed by atoms with Gasteiger partial charge in [0.05, 0.1) is 19.2 Å². The van der Waals surface area contributed by atoms with E-state index in [1.807, 2.05) is 0 Å². The van der Waals surface area contributed by atoms with Crippen LogP contribution in [-0.2, 0) is 6.18 Å². The predicted molar refractivity (Wildman–Crippen MR) is 87.8 cm³/mol. The van der Waals surface area contributed by atoms with E-state index in [2.05, 4.69) is 15.3 Å². The molecule has 0 saturated heterocycles. The Morgan fingerprint density at radius 3 is 2.48 bits per heavy atom. The Hall–Kier alpha value is -2.97. The van der Waals surface area contributed by atoms with Crippen LogP contribution in [0.15, 0.2) is 47.6 Å². The van der Waals surface area contributed by atoms with Gasteiger partial charge in [-0.05, 0) is 30.3 Å². The van der Waals surface area contributed by atoms with Gasteiger partial charge in [0.2, 0.25) is 5.88 Å². The van der Waals surface area contributed by atoms with Crippen molar-refractivity contribution >= 4 is 11.6 Å². The highest BCUT2D eigenvalue weighted by Crippen LogP contribution is 2.29. The van der Waals surface area contributed by atoms with Gasteiger partial charge in [-0.1, -0.05) is 0 Å². The first-order valence-corrected chi connectivity index (χ1v) is 7.25. The van der Waals surface area contributed by atoms with Gasteiger partial charge in [0, 0.05) is 18.0 Å². The number of hydrogen-bond acceptors (Lipinski definition) is 4. The number of benzene rings is 1. The van der Waals surface area contributed by atoms with E-state index in [1.54, 1.807) is 31.4 Å². The first-order valence-electron chi connectivity index (χ1n) is 7.25. The number of hydrogen-bond donors (Lipinski definition) is 2. The molecule has 0 aliphatic rings. The third-order valence-corrected chi connectivity index (χ3v) is 3.05. The number of anilines is 1. The van der Waals surface area contributed by atoms with Gasteiger partial charge in [0.15, 0.2) is 5.96 Å². The van der Waals surface area contributed by atoms with E-state index in [0.717, 1.165) is 29.8 Å². The molecule has 0 aliphatic heterocycles. The maximum Gasteiger partial charge on any atom is 0.417 e. The minimum atomic E-state index is -4.42. The van der Waals surface area contributed by atoms with Crippen molar-refractivity contribution in [3.05, 3.63) is 48.2 Å². The second kappa shape index (κ2) is 8.22. The van der Waals surface area contributed by atoms with Crippen molar-refractivity contribution in [1.82, 2.24) is 4.98 Å². The highest BCUT2D eigenvalue weighted by atomic mass is 19.4. The Balaban J connectivity index is 1.78. The Kier molecular flexibility index (Phi) is 6.04. The van der Waals surface area contributed by atoms with Gasteiger partial charge in [0.25, 0.3) is 0 Å². The smallest absolute Gasteiger partial charge is 0.417 e. The lowest BCUT2D eigenvalue weighted by Gasteiger charge is -2.08. The average molecular weight is 354 g/mol. The standard InChI is InChI=1S/C16H17F3N4O2/c1-24-13-5-3-12(4-6-13)23-15(20)21-8-9-25-14-7-2-11(10-22-14)16(17,18)19/h2-7,10H,8-9H2,1H3,(H3,20,21,23). The van der Waals surface area contributed by atoms with Gasteiger partial charge in [0.1, 0.15) is 12.4 Å². The van der Waals surface area contributed by atoms with Crippen molar-refractivity contribution in [2.24, 2.45) is 10.7 Å². The Morgan fingerprint density at radius 1 is 1.20 bits per heavy atom. The van der Waals surface area contributed by atoms with Gasteiger partial charge in [-0.3, -0.25) is 0 Å². The van der Waals surface area contributed by atoms with Crippen LogP contribution in [0.1, 0.15) is 5.56 Å². The number of nitrogens with two attached hydrogens (primary N) is 1. The van der Waals surface area contributed by atoms with E-state index < -0.39 is 11.7 Å². The molecule has 0 unspecified atom stereocenters. The van der Waals surface area contributed by atoms with Crippen LogP contribution in [-0.4, -0.2) is 31.2 Å². The van der Waals surface area contributed by atoms with Crippen molar-refractivity contribution in [2.75, 3.05) is 25.6 Å². The number of halogens is 3. The summed E-state index contributed by atoms with van der Waals surface area (Å²) in [5.41, 5.74) is 5.65. The minimum absolute atomic E-state index is 0.0879. The summed E-state index contributed by atoms with van der Waals surface area (Å²) in [5, 5.41) is 2.89. The summed E-state index contributed by atoms with van der Waals surface area (Å²) in [6.07, 6.45) is -3.70. The highest BCUT2D eigenvalue weighted by Gasteiger charge is 2.30. The van der Waals surface area contributed by atoms with Crippen molar-refractivity contribution in [3.63, 3.8) is 0 Å². The number of nitrogens with zero attached hydrogens (tertiary/aromatic N) is 2. The number of pyridine rings is 1. The molecule has 1 heterocycles. The molecule has 0 saturated carbocycles. The summed E-state index contributed by atoms with van der Waals surface area (Å²) in [4.78, 5) is 7.65. The van der Waals surface area contributed by atoms with Gasteiger partial charge in [-0.25, -0.2) is 9.98 Å². The molecule has 3 N–H and O–H groups in total. The lowest BCUT2D eigenvalue weighted by atomic mass is 10.3. The van der Waals surface area contributed by atoms with Crippen LogP contribution >= 0.6 is 0 Å². The molecule has 25 heavy (non-hydrogen) atoms. The Labute approximate surface area is 142 Å². The number of aromatic nitrogens is 1. The zero-order valence-electron chi connectivity index (χ0n) is 13.4. The zero-order chi connectivity index (χ0) is 18.3. The van der Waals surface area contributed by atoms with Crippen LogP contribution in [0.3, 0.4) is 0 Å². The minimum Gasteiger partial charge on any atom is -0.497 e. The molecule has 1 aromatic carbocycles.